The number of ether oxygens (including phenoxy) is 2. The van der Waals surface area contributed by atoms with E-state index in [1.807, 2.05) is 13.8 Å². The van der Waals surface area contributed by atoms with Crippen LogP contribution >= 0.6 is 0 Å². The Morgan fingerprint density at radius 1 is 1.15 bits per heavy atom. The summed E-state index contributed by atoms with van der Waals surface area (Å²) in [5.41, 5.74) is -0.481. The molecule has 4 heteroatoms. The number of aliphatic hydroxyl groups excluding tert-OH is 1. The van der Waals surface area contributed by atoms with Gasteiger partial charge in [-0.1, -0.05) is 34.1 Å². The van der Waals surface area contributed by atoms with Gasteiger partial charge < -0.3 is 14.6 Å². The standard InChI is InChI=1S/C16H32O4/c1-7-8-9-19-10-13(17)11-20-14(18)16(5,6)12-15(2,3)4/h13,17H,7-12H2,1-6H3. The summed E-state index contributed by atoms with van der Waals surface area (Å²) in [6, 6.07) is 0. The lowest BCUT2D eigenvalue weighted by Gasteiger charge is -2.30. The smallest absolute Gasteiger partial charge is 0.311 e. The largest absolute Gasteiger partial charge is 0.462 e. The van der Waals surface area contributed by atoms with E-state index in [1.54, 1.807) is 0 Å². The molecule has 1 atom stereocenters. The molecule has 0 aromatic rings. The Balaban J connectivity index is 4.02. The lowest BCUT2D eigenvalue weighted by atomic mass is 9.76. The number of aliphatic hydroxyl groups is 1. The van der Waals surface area contributed by atoms with E-state index in [0.29, 0.717) is 6.61 Å². The van der Waals surface area contributed by atoms with E-state index in [-0.39, 0.29) is 24.6 Å². The molecule has 0 aromatic heterocycles. The number of carbonyl (C=O) groups is 1. The van der Waals surface area contributed by atoms with Gasteiger partial charge in [-0.25, -0.2) is 0 Å². The molecule has 0 spiro atoms. The Kier molecular flexibility index (Phi) is 8.36. The predicted octanol–water partition coefficient (Wildman–Crippen LogP) is 3.17. The second-order valence-electron chi connectivity index (χ2n) is 7.30. The highest BCUT2D eigenvalue weighted by Gasteiger charge is 2.34. The first-order valence-corrected chi connectivity index (χ1v) is 7.51. The molecule has 0 heterocycles. The van der Waals surface area contributed by atoms with Crippen molar-refractivity contribution in [2.45, 2.75) is 66.9 Å². The highest BCUT2D eigenvalue weighted by molar-refractivity contribution is 5.75. The van der Waals surface area contributed by atoms with Gasteiger partial charge in [-0.3, -0.25) is 4.79 Å². The van der Waals surface area contributed by atoms with Gasteiger partial charge in [-0.05, 0) is 32.1 Å². The molecule has 1 N–H and O–H groups in total. The molecule has 20 heavy (non-hydrogen) atoms. The van der Waals surface area contributed by atoms with Gasteiger partial charge in [0.15, 0.2) is 0 Å². The molecule has 0 rings (SSSR count). The lowest BCUT2D eigenvalue weighted by Crippen LogP contribution is -2.34. The molecule has 0 fully saturated rings. The molecule has 4 nitrogen and oxygen atoms in total. The fraction of sp³-hybridized carbons (Fsp3) is 0.938. The molecule has 0 aliphatic rings. The molecular weight excluding hydrogens is 256 g/mol. The molecule has 0 saturated carbocycles. The van der Waals surface area contributed by atoms with E-state index in [2.05, 4.69) is 27.7 Å². The fourth-order valence-electron chi connectivity index (χ4n) is 2.28. The fourth-order valence-corrected chi connectivity index (χ4v) is 2.28. The number of hydrogen-bond donors (Lipinski definition) is 1. The predicted molar refractivity (Wildman–Crippen MR) is 80.5 cm³/mol. The average Bonchev–Trinajstić information content (AvgIpc) is 2.28. The third-order valence-corrected chi connectivity index (χ3v) is 2.88. The number of rotatable bonds is 9. The highest BCUT2D eigenvalue weighted by atomic mass is 16.5. The van der Waals surface area contributed by atoms with Crippen LogP contribution in [0, 0.1) is 10.8 Å². The van der Waals surface area contributed by atoms with Gasteiger partial charge in [-0.15, -0.1) is 0 Å². The summed E-state index contributed by atoms with van der Waals surface area (Å²) in [5, 5.41) is 9.69. The first kappa shape index (κ1) is 19.4. The van der Waals surface area contributed by atoms with Crippen molar-refractivity contribution in [1.29, 1.82) is 0 Å². The van der Waals surface area contributed by atoms with Crippen LogP contribution in [0.15, 0.2) is 0 Å². The van der Waals surface area contributed by atoms with Crippen LogP contribution in [0.1, 0.15) is 60.8 Å². The third kappa shape index (κ3) is 9.32. The summed E-state index contributed by atoms with van der Waals surface area (Å²) in [5.74, 6) is -0.264. The maximum atomic E-state index is 12.0. The van der Waals surface area contributed by atoms with E-state index in [4.69, 9.17) is 9.47 Å². The molecule has 120 valence electrons. The highest BCUT2D eigenvalue weighted by Crippen LogP contribution is 2.34. The van der Waals surface area contributed by atoms with Crippen molar-refractivity contribution in [2.75, 3.05) is 19.8 Å². The molecule has 0 aromatic carbocycles. The van der Waals surface area contributed by atoms with Gasteiger partial charge in [0.05, 0.1) is 12.0 Å². The normalized spacial score (nSPS) is 14.2. The molecule has 0 aliphatic heterocycles. The molecular formula is C16H32O4. The molecule has 0 saturated heterocycles. The maximum Gasteiger partial charge on any atom is 0.311 e. The third-order valence-electron chi connectivity index (χ3n) is 2.88. The van der Waals surface area contributed by atoms with Gasteiger partial charge in [-0.2, -0.15) is 0 Å². The van der Waals surface area contributed by atoms with Gasteiger partial charge in [0.1, 0.15) is 12.7 Å². The zero-order valence-electron chi connectivity index (χ0n) is 14.0. The summed E-state index contributed by atoms with van der Waals surface area (Å²) in [4.78, 5) is 12.0. The Morgan fingerprint density at radius 3 is 2.25 bits per heavy atom. The summed E-state index contributed by atoms with van der Waals surface area (Å²) in [6.07, 6.45) is 2.03. The summed E-state index contributed by atoms with van der Waals surface area (Å²) in [6.45, 7) is 13.0. The minimum atomic E-state index is -0.749. The Bertz CT molecular complexity index is 279. The van der Waals surface area contributed by atoms with Crippen LogP contribution in [0.4, 0.5) is 0 Å². The average molecular weight is 288 g/mol. The minimum absolute atomic E-state index is 0.00146. The van der Waals surface area contributed by atoms with Crippen molar-refractivity contribution in [3.63, 3.8) is 0 Å². The van der Waals surface area contributed by atoms with Gasteiger partial charge in [0.25, 0.3) is 0 Å². The van der Waals surface area contributed by atoms with Crippen LogP contribution in [-0.4, -0.2) is 37.0 Å². The number of esters is 1. The summed E-state index contributed by atoms with van der Waals surface area (Å²) >= 11 is 0. The Hall–Kier alpha value is -0.610. The molecule has 0 radical (unpaired) electrons. The van der Waals surface area contributed by atoms with Crippen molar-refractivity contribution >= 4 is 5.97 Å². The van der Waals surface area contributed by atoms with Crippen LogP contribution in [0.3, 0.4) is 0 Å². The van der Waals surface area contributed by atoms with Crippen molar-refractivity contribution in [2.24, 2.45) is 10.8 Å². The maximum absolute atomic E-state index is 12.0. The molecule has 0 amide bonds. The second-order valence-corrected chi connectivity index (χ2v) is 7.30. The molecule has 1 unspecified atom stereocenters. The topological polar surface area (TPSA) is 55.8 Å². The zero-order valence-corrected chi connectivity index (χ0v) is 14.0. The van der Waals surface area contributed by atoms with Crippen LogP contribution in [-0.2, 0) is 14.3 Å². The van der Waals surface area contributed by atoms with Crippen LogP contribution in [0.5, 0.6) is 0 Å². The number of unbranched alkanes of at least 4 members (excludes halogenated alkanes) is 1. The number of hydrogen-bond acceptors (Lipinski definition) is 4. The van der Waals surface area contributed by atoms with Gasteiger partial charge >= 0.3 is 5.97 Å². The zero-order chi connectivity index (χ0) is 15.8. The first-order valence-electron chi connectivity index (χ1n) is 7.51. The molecule has 0 bridgehead atoms. The van der Waals surface area contributed by atoms with E-state index in [9.17, 15) is 9.90 Å². The monoisotopic (exact) mass is 288 g/mol. The number of carbonyl (C=O) groups excluding carboxylic acids is 1. The van der Waals surface area contributed by atoms with Crippen LogP contribution in [0.2, 0.25) is 0 Å². The van der Waals surface area contributed by atoms with Crippen molar-refractivity contribution in [3.05, 3.63) is 0 Å². The Labute approximate surface area is 123 Å². The summed E-state index contributed by atoms with van der Waals surface area (Å²) in [7, 11) is 0. The first-order chi connectivity index (χ1) is 9.08. The Morgan fingerprint density at radius 2 is 1.75 bits per heavy atom. The quantitative estimate of drug-likeness (QED) is 0.523. The lowest BCUT2D eigenvalue weighted by molar-refractivity contribution is -0.159. The van der Waals surface area contributed by atoms with E-state index in [0.717, 1.165) is 19.3 Å². The van der Waals surface area contributed by atoms with Crippen LogP contribution < -0.4 is 0 Å². The van der Waals surface area contributed by atoms with Crippen molar-refractivity contribution in [1.82, 2.24) is 0 Å². The van der Waals surface area contributed by atoms with Crippen molar-refractivity contribution < 1.29 is 19.4 Å². The van der Waals surface area contributed by atoms with E-state index in [1.165, 1.54) is 0 Å². The second kappa shape index (κ2) is 8.63. The SMILES string of the molecule is CCCCOCC(O)COC(=O)C(C)(C)CC(C)(C)C. The van der Waals surface area contributed by atoms with E-state index < -0.39 is 11.5 Å². The van der Waals surface area contributed by atoms with E-state index >= 15 is 0 Å². The van der Waals surface area contributed by atoms with Gasteiger partial charge in [0.2, 0.25) is 0 Å². The van der Waals surface area contributed by atoms with Crippen molar-refractivity contribution in [3.8, 4) is 0 Å². The molecule has 0 aliphatic carbocycles. The minimum Gasteiger partial charge on any atom is -0.462 e. The van der Waals surface area contributed by atoms with Crippen LogP contribution in [0.25, 0.3) is 0 Å². The summed E-state index contributed by atoms with van der Waals surface area (Å²) < 4.78 is 10.5. The van der Waals surface area contributed by atoms with Gasteiger partial charge in [0, 0.05) is 6.61 Å².